The monoisotopic (exact) mass is 364 g/mol. The Morgan fingerprint density at radius 1 is 1.29 bits per heavy atom. The lowest BCUT2D eigenvalue weighted by Gasteiger charge is -2.18. The smallest absolute Gasteiger partial charge is 0.0766 e. The molecule has 0 aromatic carbocycles. The van der Waals surface area contributed by atoms with Crippen molar-refractivity contribution in [2.75, 3.05) is 5.33 Å². The molecule has 0 aliphatic rings. The molecule has 0 bridgehead atoms. The van der Waals surface area contributed by atoms with Crippen molar-refractivity contribution >= 4 is 31.9 Å². The maximum Gasteiger partial charge on any atom is 0.0766 e. The van der Waals surface area contributed by atoms with Crippen LogP contribution < -0.4 is 0 Å². The topological polar surface area (TPSA) is 17.8 Å². The first-order valence-electron chi connectivity index (χ1n) is 6.35. The Kier molecular flexibility index (Phi) is 6.21. The van der Waals surface area contributed by atoms with Gasteiger partial charge >= 0.3 is 0 Å². The second-order valence-electron chi connectivity index (χ2n) is 4.74. The highest BCUT2D eigenvalue weighted by Gasteiger charge is 2.19. The van der Waals surface area contributed by atoms with Gasteiger partial charge in [0.25, 0.3) is 0 Å². The number of hydrogen-bond donors (Lipinski definition) is 0. The van der Waals surface area contributed by atoms with E-state index in [0.29, 0.717) is 11.8 Å². The predicted octanol–water partition coefficient (Wildman–Crippen LogP) is 4.44. The Labute approximate surface area is 121 Å². The Balaban J connectivity index is 2.99. The fourth-order valence-electron chi connectivity index (χ4n) is 1.93. The molecule has 0 N–H and O–H groups in total. The molecule has 0 aliphatic carbocycles. The third-order valence-electron chi connectivity index (χ3n) is 3.29. The first kappa shape index (κ1) is 15.2. The van der Waals surface area contributed by atoms with E-state index >= 15 is 0 Å². The number of rotatable bonds is 6. The summed E-state index contributed by atoms with van der Waals surface area (Å²) in [5.41, 5.74) is 2.53. The second-order valence-corrected chi connectivity index (χ2v) is 6.18. The summed E-state index contributed by atoms with van der Waals surface area (Å²) < 4.78 is 3.36. The van der Waals surface area contributed by atoms with E-state index in [0.717, 1.165) is 24.7 Å². The highest BCUT2D eigenvalue weighted by molar-refractivity contribution is 9.10. The highest BCUT2D eigenvalue weighted by Crippen LogP contribution is 2.27. The molecule has 0 fully saturated rings. The lowest BCUT2D eigenvalue weighted by Crippen LogP contribution is -2.16. The summed E-state index contributed by atoms with van der Waals surface area (Å²) >= 11 is 7.34. The van der Waals surface area contributed by atoms with Gasteiger partial charge in [-0.05, 0) is 47.5 Å². The SMILES string of the molecule is CCc1nn(CC)c(CC(CBr)C(C)C)c1Br. The molecule has 1 aromatic heterocycles. The van der Waals surface area contributed by atoms with Gasteiger partial charge in [0.05, 0.1) is 15.9 Å². The van der Waals surface area contributed by atoms with E-state index in [1.54, 1.807) is 0 Å². The lowest BCUT2D eigenvalue weighted by molar-refractivity contribution is 0.412. The van der Waals surface area contributed by atoms with E-state index in [1.807, 2.05) is 0 Å². The fraction of sp³-hybridized carbons (Fsp3) is 0.769. The van der Waals surface area contributed by atoms with Crippen LogP contribution in [0.25, 0.3) is 0 Å². The van der Waals surface area contributed by atoms with Gasteiger partial charge in [-0.2, -0.15) is 5.10 Å². The van der Waals surface area contributed by atoms with Gasteiger partial charge in [0, 0.05) is 11.9 Å². The van der Waals surface area contributed by atoms with Gasteiger partial charge in [-0.3, -0.25) is 4.68 Å². The van der Waals surface area contributed by atoms with E-state index in [2.05, 4.69) is 69.3 Å². The molecule has 0 radical (unpaired) electrons. The van der Waals surface area contributed by atoms with Crippen molar-refractivity contribution in [3.8, 4) is 0 Å². The molecular weight excluding hydrogens is 344 g/mol. The molecule has 0 amide bonds. The quantitative estimate of drug-likeness (QED) is 0.681. The second kappa shape index (κ2) is 6.93. The largest absolute Gasteiger partial charge is 0.268 e. The van der Waals surface area contributed by atoms with Crippen molar-refractivity contribution < 1.29 is 0 Å². The van der Waals surface area contributed by atoms with Crippen LogP contribution in [0.5, 0.6) is 0 Å². The molecule has 1 aromatic rings. The average Bonchev–Trinajstić information content (AvgIpc) is 2.62. The highest BCUT2D eigenvalue weighted by atomic mass is 79.9. The summed E-state index contributed by atoms with van der Waals surface area (Å²) in [5.74, 6) is 1.35. The number of halogens is 2. The Bertz CT molecular complexity index is 359. The first-order chi connectivity index (χ1) is 8.04. The maximum absolute atomic E-state index is 4.65. The van der Waals surface area contributed by atoms with Gasteiger partial charge in [0.1, 0.15) is 0 Å². The summed E-state index contributed by atoms with van der Waals surface area (Å²) in [6, 6.07) is 0. The Hall–Kier alpha value is 0.170. The van der Waals surface area contributed by atoms with E-state index < -0.39 is 0 Å². The number of alkyl halides is 1. The molecule has 1 unspecified atom stereocenters. The van der Waals surface area contributed by atoms with E-state index in [-0.39, 0.29) is 0 Å². The van der Waals surface area contributed by atoms with Crippen LogP contribution in [-0.2, 0) is 19.4 Å². The molecule has 1 rings (SSSR count). The third kappa shape index (κ3) is 3.57. The van der Waals surface area contributed by atoms with Gasteiger partial charge in [-0.15, -0.1) is 0 Å². The van der Waals surface area contributed by atoms with Crippen molar-refractivity contribution in [2.24, 2.45) is 11.8 Å². The zero-order chi connectivity index (χ0) is 13.0. The molecule has 0 saturated carbocycles. The molecule has 4 heteroatoms. The summed E-state index contributed by atoms with van der Waals surface area (Å²) in [6.45, 7) is 9.82. The van der Waals surface area contributed by atoms with Crippen molar-refractivity contribution in [3.63, 3.8) is 0 Å². The summed E-state index contributed by atoms with van der Waals surface area (Å²) in [6.07, 6.45) is 2.07. The Morgan fingerprint density at radius 2 is 1.94 bits per heavy atom. The lowest BCUT2D eigenvalue weighted by atomic mass is 9.93. The minimum Gasteiger partial charge on any atom is -0.268 e. The van der Waals surface area contributed by atoms with Crippen LogP contribution in [-0.4, -0.2) is 15.1 Å². The fourth-order valence-corrected chi connectivity index (χ4v) is 3.63. The number of hydrogen-bond acceptors (Lipinski definition) is 1. The van der Waals surface area contributed by atoms with Crippen LogP contribution in [0.1, 0.15) is 39.1 Å². The molecule has 0 saturated heterocycles. The van der Waals surface area contributed by atoms with Crippen molar-refractivity contribution in [1.29, 1.82) is 0 Å². The molecular formula is C13H22Br2N2. The van der Waals surface area contributed by atoms with E-state index in [1.165, 1.54) is 15.9 Å². The molecule has 2 nitrogen and oxygen atoms in total. The summed E-state index contributed by atoms with van der Waals surface area (Å²) in [4.78, 5) is 0. The van der Waals surface area contributed by atoms with E-state index in [4.69, 9.17) is 0 Å². The minimum atomic E-state index is 0.665. The average molecular weight is 366 g/mol. The zero-order valence-electron chi connectivity index (χ0n) is 11.1. The molecule has 0 aliphatic heterocycles. The van der Waals surface area contributed by atoms with Gasteiger partial charge in [-0.1, -0.05) is 36.7 Å². The predicted molar refractivity (Wildman–Crippen MR) is 80.8 cm³/mol. The molecule has 98 valence electrons. The van der Waals surface area contributed by atoms with Crippen molar-refractivity contribution in [1.82, 2.24) is 9.78 Å². The van der Waals surface area contributed by atoms with Crippen LogP contribution in [0.3, 0.4) is 0 Å². The van der Waals surface area contributed by atoms with Gasteiger partial charge in [0.2, 0.25) is 0 Å². The van der Waals surface area contributed by atoms with Crippen LogP contribution >= 0.6 is 31.9 Å². The van der Waals surface area contributed by atoms with Gasteiger partial charge in [0.15, 0.2) is 0 Å². The number of aromatic nitrogens is 2. The zero-order valence-corrected chi connectivity index (χ0v) is 14.3. The summed E-state index contributed by atoms with van der Waals surface area (Å²) in [7, 11) is 0. The van der Waals surface area contributed by atoms with Crippen LogP contribution in [0.4, 0.5) is 0 Å². The standard InChI is InChI=1S/C13H22Br2N2/c1-5-11-13(15)12(17(6-2)16-11)7-10(8-14)9(3)4/h9-10H,5-8H2,1-4H3. The van der Waals surface area contributed by atoms with Crippen molar-refractivity contribution in [3.05, 3.63) is 15.9 Å². The summed E-state index contributed by atoms with van der Waals surface area (Å²) in [5, 5.41) is 5.70. The Morgan fingerprint density at radius 3 is 2.35 bits per heavy atom. The van der Waals surface area contributed by atoms with Crippen LogP contribution in [0.2, 0.25) is 0 Å². The first-order valence-corrected chi connectivity index (χ1v) is 8.26. The normalized spacial score (nSPS) is 13.4. The molecule has 1 atom stereocenters. The van der Waals surface area contributed by atoms with Crippen LogP contribution in [0, 0.1) is 11.8 Å². The maximum atomic E-state index is 4.65. The van der Waals surface area contributed by atoms with Gasteiger partial charge < -0.3 is 0 Å². The van der Waals surface area contributed by atoms with Crippen molar-refractivity contribution in [2.45, 2.75) is 47.1 Å². The van der Waals surface area contributed by atoms with E-state index in [9.17, 15) is 0 Å². The minimum absolute atomic E-state index is 0.665. The number of aryl methyl sites for hydroxylation is 2. The third-order valence-corrected chi connectivity index (χ3v) is 5.04. The molecule has 0 spiro atoms. The number of nitrogens with zero attached hydrogens (tertiary/aromatic N) is 2. The molecule has 17 heavy (non-hydrogen) atoms. The van der Waals surface area contributed by atoms with Crippen LogP contribution in [0.15, 0.2) is 4.47 Å². The molecule has 1 heterocycles. The van der Waals surface area contributed by atoms with Gasteiger partial charge in [-0.25, -0.2) is 0 Å².